The highest BCUT2D eigenvalue weighted by Gasteiger charge is 2.36. The van der Waals surface area contributed by atoms with Gasteiger partial charge in [0.05, 0.1) is 11.1 Å². The van der Waals surface area contributed by atoms with Crippen molar-refractivity contribution < 1.29 is 18.0 Å². The molecule has 0 atom stereocenters. The van der Waals surface area contributed by atoms with Gasteiger partial charge >= 0.3 is 6.18 Å². The van der Waals surface area contributed by atoms with Crippen molar-refractivity contribution in [2.24, 2.45) is 0 Å². The number of benzene rings is 1. The number of nitrogens with one attached hydrogen (secondary N) is 1. The molecule has 1 amide bonds. The van der Waals surface area contributed by atoms with Crippen molar-refractivity contribution >= 4 is 16.8 Å². The smallest absolute Gasteiger partial charge is 0.347 e. The predicted octanol–water partition coefficient (Wildman–Crippen LogP) is 5.07. The van der Waals surface area contributed by atoms with Gasteiger partial charge in [0.25, 0.3) is 5.91 Å². The van der Waals surface area contributed by atoms with Gasteiger partial charge in [0.1, 0.15) is 5.69 Å². The normalized spacial score (nSPS) is 14.2. The van der Waals surface area contributed by atoms with Gasteiger partial charge in [-0.05, 0) is 79.1 Å². The SMILES string of the molecule is Cc1ccncc1CNC(=O)c1cc(C)c2cc(C3CC3)cc(C(F)(F)F)c2n1. The number of nitrogens with zero attached hydrogens (tertiary/aromatic N) is 2. The number of aryl methyl sites for hydroxylation is 2. The van der Waals surface area contributed by atoms with Gasteiger partial charge < -0.3 is 5.32 Å². The molecule has 2 aromatic heterocycles. The minimum atomic E-state index is -4.54. The van der Waals surface area contributed by atoms with Crippen molar-refractivity contribution in [1.82, 2.24) is 15.3 Å². The third kappa shape index (κ3) is 3.95. The first-order chi connectivity index (χ1) is 13.7. The summed E-state index contributed by atoms with van der Waals surface area (Å²) in [5.41, 5.74) is 2.12. The van der Waals surface area contributed by atoms with Crippen LogP contribution in [0.3, 0.4) is 0 Å². The van der Waals surface area contributed by atoms with Crippen molar-refractivity contribution in [2.75, 3.05) is 0 Å². The Morgan fingerprint density at radius 2 is 1.93 bits per heavy atom. The van der Waals surface area contributed by atoms with Crippen LogP contribution in [0.25, 0.3) is 10.9 Å². The summed E-state index contributed by atoms with van der Waals surface area (Å²) in [6.07, 6.45) is 0.580. The van der Waals surface area contributed by atoms with Gasteiger partial charge in [-0.15, -0.1) is 0 Å². The third-order valence-electron chi connectivity index (χ3n) is 5.32. The maximum absolute atomic E-state index is 13.7. The molecular weight excluding hydrogens is 379 g/mol. The van der Waals surface area contributed by atoms with Gasteiger partial charge in [-0.25, -0.2) is 4.98 Å². The van der Waals surface area contributed by atoms with Gasteiger partial charge in [-0.3, -0.25) is 9.78 Å². The highest BCUT2D eigenvalue weighted by atomic mass is 19.4. The zero-order valence-electron chi connectivity index (χ0n) is 16.1. The molecule has 4 nitrogen and oxygen atoms in total. The third-order valence-corrected chi connectivity index (χ3v) is 5.32. The number of carbonyl (C=O) groups excluding carboxylic acids is 1. The average Bonchev–Trinajstić information content (AvgIpc) is 3.51. The van der Waals surface area contributed by atoms with Crippen LogP contribution in [0.1, 0.15) is 57.1 Å². The summed E-state index contributed by atoms with van der Waals surface area (Å²) in [4.78, 5) is 20.7. The van der Waals surface area contributed by atoms with E-state index in [0.717, 1.165) is 24.0 Å². The number of amides is 1. The molecule has 0 unspecified atom stereocenters. The minimum Gasteiger partial charge on any atom is -0.347 e. The Kier molecular flexibility index (Phi) is 4.76. The van der Waals surface area contributed by atoms with E-state index in [1.54, 1.807) is 31.5 Å². The van der Waals surface area contributed by atoms with Crippen molar-refractivity contribution in [3.8, 4) is 0 Å². The minimum absolute atomic E-state index is 0.0267. The summed E-state index contributed by atoms with van der Waals surface area (Å²) in [6, 6.07) is 6.34. The molecular formula is C22H20F3N3O. The number of hydrogen-bond donors (Lipinski definition) is 1. The highest BCUT2D eigenvalue weighted by molar-refractivity contribution is 5.97. The number of carbonyl (C=O) groups is 1. The summed E-state index contributed by atoms with van der Waals surface area (Å²) in [5, 5.41) is 3.17. The van der Waals surface area contributed by atoms with Crippen LogP contribution in [0, 0.1) is 13.8 Å². The molecule has 1 fully saturated rings. The molecule has 0 bridgehead atoms. The fraction of sp³-hybridized carbons (Fsp3) is 0.318. The predicted molar refractivity (Wildman–Crippen MR) is 104 cm³/mol. The molecule has 0 spiro atoms. The van der Waals surface area contributed by atoms with E-state index in [9.17, 15) is 18.0 Å². The molecule has 1 aliphatic carbocycles. The summed E-state index contributed by atoms with van der Waals surface area (Å²) in [5.74, 6) is -0.330. The number of halogens is 3. The van der Waals surface area contributed by atoms with Crippen molar-refractivity contribution in [3.05, 3.63) is 70.2 Å². The van der Waals surface area contributed by atoms with E-state index in [1.807, 2.05) is 13.0 Å². The quantitative estimate of drug-likeness (QED) is 0.666. The number of hydrogen-bond acceptors (Lipinski definition) is 3. The van der Waals surface area contributed by atoms with Gasteiger partial charge in [0.2, 0.25) is 0 Å². The number of alkyl halides is 3. The fourth-order valence-corrected chi connectivity index (χ4v) is 3.45. The highest BCUT2D eigenvalue weighted by Crippen LogP contribution is 2.44. The van der Waals surface area contributed by atoms with Crippen LogP contribution in [-0.4, -0.2) is 15.9 Å². The Balaban J connectivity index is 1.71. The van der Waals surface area contributed by atoms with Gasteiger partial charge in [0, 0.05) is 24.3 Å². The molecule has 0 aliphatic heterocycles. The van der Waals surface area contributed by atoms with Crippen LogP contribution in [-0.2, 0) is 12.7 Å². The van der Waals surface area contributed by atoms with Crippen molar-refractivity contribution in [1.29, 1.82) is 0 Å². The van der Waals surface area contributed by atoms with Crippen molar-refractivity contribution in [3.63, 3.8) is 0 Å². The number of rotatable bonds is 4. The molecule has 2 heterocycles. The van der Waals surface area contributed by atoms with Crippen LogP contribution >= 0.6 is 0 Å². The maximum atomic E-state index is 13.7. The lowest BCUT2D eigenvalue weighted by molar-refractivity contribution is -0.136. The lowest BCUT2D eigenvalue weighted by Crippen LogP contribution is -2.24. The van der Waals surface area contributed by atoms with E-state index >= 15 is 0 Å². The molecule has 29 heavy (non-hydrogen) atoms. The Morgan fingerprint density at radius 3 is 2.59 bits per heavy atom. The zero-order valence-corrected chi connectivity index (χ0v) is 16.1. The van der Waals surface area contributed by atoms with E-state index < -0.39 is 17.6 Å². The van der Waals surface area contributed by atoms with Gasteiger partial charge in [0.15, 0.2) is 0 Å². The van der Waals surface area contributed by atoms with E-state index in [1.165, 1.54) is 6.07 Å². The number of aromatic nitrogens is 2. The monoisotopic (exact) mass is 399 g/mol. The molecule has 0 radical (unpaired) electrons. The molecule has 1 aliphatic rings. The second-order valence-electron chi connectivity index (χ2n) is 7.55. The first kappa shape index (κ1) is 19.4. The van der Waals surface area contributed by atoms with E-state index in [0.29, 0.717) is 16.5 Å². The van der Waals surface area contributed by atoms with Crippen LogP contribution in [0.5, 0.6) is 0 Å². The molecule has 1 aromatic carbocycles. The number of pyridine rings is 2. The Hall–Kier alpha value is -2.96. The maximum Gasteiger partial charge on any atom is 0.418 e. The molecule has 150 valence electrons. The van der Waals surface area contributed by atoms with Gasteiger partial charge in [-0.2, -0.15) is 13.2 Å². The van der Waals surface area contributed by atoms with Crippen LogP contribution in [0.15, 0.2) is 36.7 Å². The van der Waals surface area contributed by atoms with Crippen LogP contribution in [0.4, 0.5) is 13.2 Å². The standard InChI is InChI=1S/C22H20F3N3O/c1-12-5-6-26-10-16(12)11-27-21(29)19-7-13(2)17-8-15(14-3-4-14)9-18(20(17)28-19)22(23,24)25/h5-10,14H,3-4,11H2,1-2H3,(H,27,29). The Bertz CT molecular complexity index is 1100. The summed E-state index contributed by atoms with van der Waals surface area (Å²) in [6.45, 7) is 3.83. The zero-order chi connectivity index (χ0) is 20.8. The fourth-order valence-electron chi connectivity index (χ4n) is 3.45. The largest absolute Gasteiger partial charge is 0.418 e. The topological polar surface area (TPSA) is 54.9 Å². The van der Waals surface area contributed by atoms with Crippen molar-refractivity contribution in [2.45, 2.75) is 45.3 Å². The molecule has 1 saturated carbocycles. The average molecular weight is 399 g/mol. The first-order valence-corrected chi connectivity index (χ1v) is 9.44. The van der Waals surface area contributed by atoms with E-state index in [2.05, 4.69) is 15.3 Å². The van der Waals surface area contributed by atoms with Crippen LogP contribution in [0.2, 0.25) is 0 Å². The second-order valence-corrected chi connectivity index (χ2v) is 7.55. The molecule has 3 aromatic rings. The Morgan fingerprint density at radius 1 is 1.17 bits per heavy atom. The molecule has 4 rings (SSSR count). The van der Waals surface area contributed by atoms with Crippen LogP contribution < -0.4 is 5.32 Å². The second kappa shape index (κ2) is 7.13. The lowest BCUT2D eigenvalue weighted by atomic mass is 9.98. The van der Waals surface area contributed by atoms with Gasteiger partial charge in [-0.1, -0.05) is 0 Å². The molecule has 7 heteroatoms. The Labute approximate surface area is 166 Å². The summed E-state index contributed by atoms with van der Waals surface area (Å²) in [7, 11) is 0. The lowest BCUT2D eigenvalue weighted by Gasteiger charge is -2.15. The molecule has 0 saturated heterocycles. The summed E-state index contributed by atoms with van der Waals surface area (Å²) >= 11 is 0. The number of fused-ring (bicyclic) bond motifs is 1. The molecule has 1 N–H and O–H groups in total. The van der Waals surface area contributed by atoms with E-state index in [-0.39, 0.29) is 23.7 Å². The van der Waals surface area contributed by atoms with E-state index in [4.69, 9.17) is 0 Å². The summed E-state index contributed by atoms with van der Waals surface area (Å²) < 4.78 is 41.1. The first-order valence-electron chi connectivity index (χ1n) is 9.44.